The molecule has 1 aliphatic rings. The first-order valence-electron chi connectivity index (χ1n) is 7.16. The lowest BCUT2D eigenvalue weighted by Crippen LogP contribution is -2.19. The number of hydrogen-bond acceptors (Lipinski definition) is 3. The topological polar surface area (TPSA) is 45.8 Å². The molecule has 2 atom stereocenters. The van der Waals surface area contributed by atoms with E-state index >= 15 is 0 Å². The summed E-state index contributed by atoms with van der Waals surface area (Å²) in [6.07, 6.45) is 3.25. The van der Waals surface area contributed by atoms with Gasteiger partial charge in [0.05, 0.1) is 10.8 Å². The van der Waals surface area contributed by atoms with E-state index in [-0.39, 0.29) is 10.9 Å². The summed E-state index contributed by atoms with van der Waals surface area (Å²) in [4.78, 5) is 21.9. The predicted octanol–water partition coefficient (Wildman–Crippen LogP) is 4.05. The normalized spacial score (nSPS) is 20.4. The maximum Gasteiger partial charge on any atom is 0.259 e. The number of fused-ring (bicyclic) bond motifs is 3. The van der Waals surface area contributed by atoms with Crippen LogP contribution in [0.15, 0.2) is 4.79 Å². The molecule has 0 spiro atoms. The van der Waals surface area contributed by atoms with Gasteiger partial charge in [-0.3, -0.25) is 4.79 Å². The van der Waals surface area contributed by atoms with Crippen LogP contribution in [0.5, 0.6) is 0 Å². The third kappa shape index (κ3) is 2.29. The number of aromatic nitrogens is 2. The van der Waals surface area contributed by atoms with E-state index in [0.29, 0.717) is 11.7 Å². The molecule has 5 heteroatoms. The molecule has 2 aromatic rings. The van der Waals surface area contributed by atoms with E-state index in [1.165, 1.54) is 16.9 Å². The number of rotatable bonds is 2. The lowest BCUT2D eigenvalue weighted by molar-refractivity contribution is 0.346. The van der Waals surface area contributed by atoms with Gasteiger partial charge in [-0.2, -0.15) is 0 Å². The third-order valence-electron chi connectivity index (χ3n) is 4.30. The minimum Gasteiger partial charge on any atom is -0.309 e. The second-order valence-electron chi connectivity index (χ2n) is 6.00. The zero-order valence-electron chi connectivity index (χ0n) is 12.0. The Balaban J connectivity index is 2.13. The molecule has 3 rings (SSSR count). The fraction of sp³-hybridized carbons (Fsp3) is 0.600. The van der Waals surface area contributed by atoms with E-state index < -0.39 is 0 Å². The van der Waals surface area contributed by atoms with Gasteiger partial charge in [0.2, 0.25) is 0 Å². The second kappa shape index (κ2) is 5.15. The Hall–Kier alpha value is -0.870. The van der Waals surface area contributed by atoms with E-state index in [4.69, 9.17) is 11.6 Å². The molecule has 20 heavy (non-hydrogen) atoms. The van der Waals surface area contributed by atoms with E-state index in [9.17, 15) is 4.79 Å². The largest absolute Gasteiger partial charge is 0.309 e. The zero-order chi connectivity index (χ0) is 14.4. The smallest absolute Gasteiger partial charge is 0.259 e. The van der Waals surface area contributed by atoms with Crippen LogP contribution in [0, 0.1) is 11.8 Å². The summed E-state index contributed by atoms with van der Waals surface area (Å²) in [6, 6.07) is 0. The van der Waals surface area contributed by atoms with Gasteiger partial charge in [0.25, 0.3) is 5.56 Å². The highest BCUT2D eigenvalue weighted by Crippen LogP contribution is 2.38. The monoisotopic (exact) mass is 310 g/mol. The molecule has 108 valence electrons. The quantitative estimate of drug-likeness (QED) is 0.851. The van der Waals surface area contributed by atoms with Gasteiger partial charge in [0, 0.05) is 4.88 Å². The van der Waals surface area contributed by atoms with Crippen molar-refractivity contribution in [1.82, 2.24) is 9.97 Å². The highest BCUT2D eigenvalue weighted by Gasteiger charge is 2.26. The fourth-order valence-corrected chi connectivity index (χ4v) is 4.41. The van der Waals surface area contributed by atoms with Crippen molar-refractivity contribution in [1.29, 1.82) is 0 Å². The maximum atomic E-state index is 12.3. The zero-order valence-corrected chi connectivity index (χ0v) is 13.6. The van der Waals surface area contributed by atoms with Crippen LogP contribution >= 0.6 is 22.9 Å². The summed E-state index contributed by atoms with van der Waals surface area (Å²) in [6.45, 7) is 6.39. The number of nitrogens with zero attached hydrogens (tertiary/aromatic N) is 1. The molecule has 0 fully saturated rings. The standard InChI is InChI=1S/C15H19ClN2OS/c1-7(2)9-4-5-10-11(6-9)20-15-12(10)14(19)17-13(18-15)8(3)16/h7-9H,4-6H2,1-3H3,(H,17,18,19). The van der Waals surface area contributed by atoms with Crippen LogP contribution in [-0.2, 0) is 12.8 Å². The van der Waals surface area contributed by atoms with Crippen molar-refractivity contribution in [3.63, 3.8) is 0 Å². The first-order chi connectivity index (χ1) is 9.47. The van der Waals surface area contributed by atoms with Gasteiger partial charge in [-0.05, 0) is 43.6 Å². The number of hydrogen-bond donors (Lipinski definition) is 1. The Morgan fingerprint density at radius 2 is 2.15 bits per heavy atom. The minimum absolute atomic E-state index is 0.0296. The van der Waals surface area contributed by atoms with Gasteiger partial charge in [-0.15, -0.1) is 22.9 Å². The molecular weight excluding hydrogens is 292 g/mol. The maximum absolute atomic E-state index is 12.3. The van der Waals surface area contributed by atoms with Gasteiger partial charge in [0.1, 0.15) is 10.7 Å². The van der Waals surface area contributed by atoms with Crippen LogP contribution in [0.2, 0.25) is 0 Å². The number of aryl methyl sites for hydroxylation is 1. The van der Waals surface area contributed by atoms with E-state index in [2.05, 4.69) is 23.8 Å². The van der Waals surface area contributed by atoms with Crippen LogP contribution < -0.4 is 5.56 Å². The summed E-state index contributed by atoms with van der Waals surface area (Å²) in [5.74, 6) is 1.99. The first-order valence-corrected chi connectivity index (χ1v) is 8.41. The van der Waals surface area contributed by atoms with E-state index in [1.54, 1.807) is 11.3 Å². The second-order valence-corrected chi connectivity index (χ2v) is 7.74. The number of alkyl halides is 1. The molecule has 0 radical (unpaired) electrons. The van der Waals surface area contributed by atoms with Crippen LogP contribution in [-0.4, -0.2) is 9.97 Å². The van der Waals surface area contributed by atoms with Crippen molar-refractivity contribution in [2.75, 3.05) is 0 Å². The van der Waals surface area contributed by atoms with Crippen molar-refractivity contribution in [3.8, 4) is 0 Å². The average Bonchev–Trinajstić information content (AvgIpc) is 2.75. The fourth-order valence-electron chi connectivity index (χ4n) is 2.98. The molecule has 0 saturated carbocycles. The Bertz CT molecular complexity index is 702. The number of aromatic amines is 1. The molecule has 1 aliphatic carbocycles. The Labute approximate surface area is 127 Å². The van der Waals surface area contributed by atoms with Gasteiger partial charge in [0.15, 0.2) is 0 Å². The van der Waals surface area contributed by atoms with Crippen molar-refractivity contribution in [2.45, 2.75) is 45.4 Å². The first kappa shape index (κ1) is 14.1. The lowest BCUT2D eigenvalue weighted by atomic mass is 9.81. The van der Waals surface area contributed by atoms with Crippen LogP contribution in [0.1, 0.15) is 48.8 Å². The van der Waals surface area contributed by atoms with Crippen molar-refractivity contribution in [3.05, 3.63) is 26.6 Å². The van der Waals surface area contributed by atoms with E-state index in [0.717, 1.165) is 29.0 Å². The van der Waals surface area contributed by atoms with Crippen molar-refractivity contribution in [2.24, 2.45) is 11.8 Å². The molecule has 2 aromatic heterocycles. The van der Waals surface area contributed by atoms with Gasteiger partial charge in [-0.1, -0.05) is 13.8 Å². The van der Waals surface area contributed by atoms with Gasteiger partial charge >= 0.3 is 0 Å². The Kier molecular flexibility index (Phi) is 3.63. The molecular formula is C15H19ClN2OS. The van der Waals surface area contributed by atoms with Crippen molar-refractivity contribution < 1.29 is 0 Å². The van der Waals surface area contributed by atoms with Gasteiger partial charge < -0.3 is 4.98 Å². The summed E-state index contributed by atoms with van der Waals surface area (Å²) in [5, 5.41) is 0.530. The summed E-state index contributed by atoms with van der Waals surface area (Å²) in [7, 11) is 0. The third-order valence-corrected chi connectivity index (χ3v) is 5.65. The molecule has 2 heterocycles. The van der Waals surface area contributed by atoms with Crippen LogP contribution in [0.3, 0.4) is 0 Å². The molecule has 0 aliphatic heterocycles. The van der Waals surface area contributed by atoms with Crippen molar-refractivity contribution >= 4 is 33.2 Å². The Morgan fingerprint density at radius 3 is 2.80 bits per heavy atom. The molecule has 0 saturated heterocycles. The predicted molar refractivity (Wildman–Crippen MR) is 84.9 cm³/mol. The van der Waals surface area contributed by atoms with Crippen LogP contribution in [0.4, 0.5) is 0 Å². The summed E-state index contributed by atoms with van der Waals surface area (Å²) >= 11 is 7.72. The van der Waals surface area contributed by atoms with E-state index in [1.807, 2.05) is 6.92 Å². The molecule has 3 nitrogen and oxygen atoms in total. The molecule has 2 unspecified atom stereocenters. The highest BCUT2D eigenvalue weighted by molar-refractivity contribution is 7.18. The van der Waals surface area contributed by atoms with Gasteiger partial charge in [-0.25, -0.2) is 4.98 Å². The molecule has 0 aromatic carbocycles. The average molecular weight is 311 g/mol. The number of H-pyrrole nitrogens is 1. The summed E-state index contributed by atoms with van der Waals surface area (Å²) < 4.78 is 0. The Morgan fingerprint density at radius 1 is 1.40 bits per heavy atom. The van der Waals surface area contributed by atoms with Crippen LogP contribution in [0.25, 0.3) is 10.2 Å². The summed E-state index contributed by atoms with van der Waals surface area (Å²) in [5.41, 5.74) is 1.20. The highest BCUT2D eigenvalue weighted by atomic mass is 35.5. The number of thiophene rings is 1. The number of halogens is 1. The molecule has 1 N–H and O–H groups in total. The molecule has 0 bridgehead atoms. The lowest BCUT2D eigenvalue weighted by Gasteiger charge is -2.25. The minimum atomic E-state index is -0.269. The molecule has 0 amide bonds. The SMILES string of the molecule is CC(Cl)c1nc2sc3c(c2c(=O)[nH]1)CCC(C(C)C)C3. The number of nitrogens with one attached hydrogen (secondary N) is 1.